The molecule has 1 aromatic carbocycles. The Morgan fingerprint density at radius 3 is 3.09 bits per heavy atom. The molecule has 0 radical (unpaired) electrons. The molecule has 6 nitrogen and oxygen atoms in total. The molecular weight excluding hydrogens is 314 g/mol. The third-order valence-corrected chi connectivity index (χ3v) is 4.81. The Labute approximate surface area is 136 Å². The minimum absolute atomic E-state index is 0.379. The van der Waals surface area contributed by atoms with E-state index in [4.69, 9.17) is 9.47 Å². The summed E-state index contributed by atoms with van der Waals surface area (Å²) in [5.41, 5.74) is 3.72. The molecule has 1 aliphatic rings. The molecule has 0 aliphatic carbocycles. The molecule has 0 bridgehead atoms. The van der Waals surface area contributed by atoms with E-state index >= 15 is 0 Å². The molecule has 116 valence electrons. The van der Waals surface area contributed by atoms with Crippen LogP contribution >= 0.6 is 11.3 Å². The van der Waals surface area contributed by atoms with E-state index in [-0.39, 0.29) is 0 Å². The first-order chi connectivity index (χ1) is 11.3. The summed E-state index contributed by atoms with van der Waals surface area (Å²) in [6, 6.07) is 5.95. The Morgan fingerprint density at radius 2 is 2.30 bits per heavy atom. The first-order valence-corrected chi connectivity index (χ1v) is 7.92. The van der Waals surface area contributed by atoms with Crippen molar-refractivity contribution in [3.63, 3.8) is 0 Å². The number of benzene rings is 1. The van der Waals surface area contributed by atoms with Crippen molar-refractivity contribution in [1.29, 1.82) is 0 Å². The number of nitrogens with zero attached hydrogens (tertiary/aromatic N) is 2. The van der Waals surface area contributed by atoms with Crippen LogP contribution in [0.25, 0.3) is 22.4 Å². The topological polar surface area (TPSA) is 77.1 Å². The van der Waals surface area contributed by atoms with Gasteiger partial charge in [-0.2, -0.15) is 5.10 Å². The van der Waals surface area contributed by atoms with Gasteiger partial charge in [0, 0.05) is 28.6 Å². The highest BCUT2D eigenvalue weighted by Gasteiger charge is 2.23. The third kappa shape index (κ3) is 2.39. The summed E-state index contributed by atoms with van der Waals surface area (Å²) in [6.07, 6.45) is 4.32. The standard InChI is InChI=1S/C16H13N3O3S/c1-21-16(20)15-19-14-11-3-2-9(10-7-17-18-8-10)6-12(11)22-5-4-13(14)23-15/h2-3,6-8H,4-5H2,1H3,(H,17,18). The second-order valence-electron chi connectivity index (χ2n) is 5.08. The van der Waals surface area contributed by atoms with Crippen LogP contribution in [-0.2, 0) is 11.2 Å². The van der Waals surface area contributed by atoms with E-state index < -0.39 is 5.97 Å². The molecule has 0 saturated heterocycles. The van der Waals surface area contributed by atoms with Gasteiger partial charge < -0.3 is 9.47 Å². The summed E-state index contributed by atoms with van der Waals surface area (Å²) in [4.78, 5) is 17.2. The lowest BCUT2D eigenvalue weighted by Crippen LogP contribution is -2.00. The summed E-state index contributed by atoms with van der Waals surface area (Å²) < 4.78 is 10.6. The molecule has 0 atom stereocenters. The summed E-state index contributed by atoms with van der Waals surface area (Å²) in [5.74, 6) is 0.365. The van der Waals surface area contributed by atoms with E-state index in [1.165, 1.54) is 18.4 Å². The Hall–Kier alpha value is -2.67. The van der Waals surface area contributed by atoms with Crippen molar-refractivity contribution in [2.75, 3.05) is 13.7 Å². The quantitative estimate of drug-likeness (QED) is 0.732. The van der Waals surface area contributed by atoms with Crippen LogP contribution in [0.3, 0.4) is 0 Å². The molecule has 0 spiro atoms. The number of rotatable bonds is 2. The van der Waals surface area contributed by atoms with Gasteiger partial charge in [0.15, 0.2) is 0 Å². The van der Waals surface area contributed by atoms with Crippen LogP contribution in [0.15, 0.2) is 30.6 Å². The smallest absolute Gasteiger partial charge is 0.367 e. The monoisotopic (exact) mass is 327 g/mol. The van der Waals surface area contributed by atoms with Gasteiger partial charge in [0.2, 0.25) is 5.01 Å². The largest absolute Gasteiger partial charge is 0.492 e. The zero-order valence-corrected chi connectivity index (χ0v) is 13.1. The molecule has 0 fully saturated rings. The second-order valence-corrected chi connectivity index (χ2v) is 6.16. The van der Waals surface area contributed by atoms with Crippen LogP contribution in [0.4, 0.5) is 0 Å². The average Bonchev–Trinajstić information content (AvgIpc) is 3.21. The number of hydrogen-bond acceptors (Lipinski definition) is 6. The molecule has 1 N–H and O–H groups in total. The molecule has 0 amide bonds. The van der Waals surface area contributed by atoms with Crippen molar-refractivity contribution in [1.82, 2.24) is 15.2 Å². The van der Waals surface area contributed by atoms with Crippen LogP contribution < -0.4 is 4.74 Å². The third-order valence-electron chi connectivity index (χ3n) is 3.71. The Kier molecular flexibility index (Phi) is 3.34. The maximum atomic E-state index is 11.7. The van der Waals surface area contributed by atoms with Crippen molar-refractivity contribution in [2.45, 2.75) is 6.42 Å². The summed E-state index contributed by atoms with van der Waals surface area (Å²) in [6.45, 7) is 0.553. The molecule has 3 heterocycles. The number of carbonyl (C=O) groups is 1. The van der Waals surface area contributed by atoms with E-state index in [9.17, 15) is 4.79 Å². The normalized spacial score (nSPS) is 12.7. The number of H-pyrrole nitrogens is 1. The fourth-order valence-electron chi connectivity index (χ4n) is 2.59. The first-order valence-electron chi connectivity index (χ1n) is 7.10. The van der Waals surface area contributed by atoms with Gasteiger partial charge in [-0.1, -0.05) is 6.07 Å². The van der Waals surface area contributed by atoms with Gasteiger partial charge in [-0.3, -0.25) is 5.10 Å². The van der Waals surface area contributed by atoms with Crippen LogP contribution in [0.1, 0.15) is 14.7 Å². The van der Waals surface area contributed by atoms with E-state index in [1.807, 2.05) is 24.4 Å². The average molecular weight is 327 g/mol. The van der Waals surface area contributed by atoms with Gasteiger partial charge in [-0.15, -0.1) is 11.3 Å². The van der Waals surface area contributed by atoms with E-state index in [1.54, 1.807) is 6.20 Å². The lowest BCUT2D eigenvalue weighted by Gasteiger charge is -2.08. The molecular formula is C16H13N3O3S. The number of fused-ring (bicyclic) bond motifs is 3. The SMILES string of the molecule is COC(=O)c1nc2c(s1)CCOc1cc(-c3cn[nH]c3)ccc1-2. The van der Waals surface area contributed by atoms with Gasteiger partial charge in [0.25, 0.3) is 0 Å². The lowest BCUT2D eigenvalue weighted by molar-refractivity contribution is 0.0600. The number of hydrogen-bond donors (Lipinski definition) is 1. The van der Waals surface area contributed by atoms with Crippen molar-refractivity contribution in [2.24, 2.45) is 0 Å². The molecule has 4 rings (SSSR count). The van der Waals surface area contributed by atoms with E-state index in [0.29, 0.717) is 11.6 Å². The summed E-state index contributed by atoms with van der Waals surface area (Å²) in [5, 5.41) is 7.15. The van der Waals surface area contributed by atoms with E-state index in [2.05, 4.69) is 15.2 Å². The Bertz CT molecular complexity index is 871. The van der Waals surface area contributed by atoms with Crippen LogP contribution in [0, 0.1) is 0 Å². The first kappa shape index (κ1) is 14.0. The highest BCUT2D eigenvalue weighted by Crippen LogP contribution is 2.39. The predicted octanol–water partition coefficient (Wildman–Crippen LogP) is 2.92. The summed E-state index contributed by atoms with van der Waals surface area (Å²) in [7, 11) is 1.36. The van der Waals surface area contributed by atoms with Gasteiger partial charge in [0.1, 0.15) is 5.75 Å². The Balaban J connectivity index is 1.81. The van der Waals surface area contributed by atoms with Gasteiger partial charge in [0.05, 0.1) is 25.6 Å². The van der Waals surface area contributed by atoms with Gasteiger partial charge in [-0.05, 0) is 17.7 Å². The number of aromatic amines is 1. The number of esters is 1. The fourth-order valence-corrected chi connectivity index (χ4v) is 3.56. The molecule has 23 heavy (non-hydrogen) atoms. The Morgan fingerprint density at radius 1 is 1.39 bits per heavy atom. The van der Waals surface area contributed by atoms with E-state index in [0.717, 1.165) is 39.4 Å². The number of ether oxygens (including phenoxy) is 2. The minimum Gasteiger partial charge on any atom is -0.492 e. The lowest BCUT2D eigenvalue weighted by atomic mass is 10.0. The number of carbonyl (C=O) groups excluding carboxylic acids is 1. The van der Waals surface area contributed by atoms with Crippen molar-refractivity contribution >= 4 is 17.3 Å². The second kappa shape index (κ2) is 5.51. The van der Waals surface area contributed by atoms with Gasteiger partial charge >= 0.3 is 5.97 Å². The fraction of sp³-hybridized carbons (Fsp3) is 0.188. The van der Waals surface area contributed by atoms with Crippen molar-refractivity contribution in [3.8, 4) is 28.1 Å². The number of methoxy groups -OCH3 is 1. The molecule has 3 aromatic rings. The highest BCUT2D eigenvalue weighted by molar-refractivity contribution is 7.14. The summed E-state index contributed by atoms with van der Waals surface area (Å²) >= 11 is 1.37. The molecule has 7 heteroatoms. The molecule has 0 saturated carbocycles. The predicted molar refractivity (Wildman–Crippen MR) is 85.7 cm³/mol. The minimum atomic E-state index is -0.402. The maximum absolute atomic E-state index is 11.7. The molecule has 1 aliphatic heterocycles. The number of aromatic nitrogens is 3. The zero-order valence-electron chi connectivity index (χ0n) is 12.3. The van der Waals surface area contributed by atoms with Crippen molar-refractivity contribution < 1.29 is 14.3 Å². The van der Waals surface area contributed by atoms with Crippen LogP contribution in [0.2, 0.25) is 0 Å². The van der Waals surface area contributed by atoms with Crippen LogP contribution in [0.5, 0.6) is 5.75 Å². The van der Waals surface area contributed by atoms with Crippen molar-refractivity contribution in [3.05, 3.63) is 40.5 Å². The highest BCUT2D eigenvalue weighted by atomic mass is 32.1. The maximum Gasteiger partial charge on any atom is 0.367 e. The zero-order chi connectivity index (χ0) is 15.8. The van der Waals surface area contributed by atoms with Crippen LogP contribution in [-0.4, -0.2) is 34.9 Å². The van der Waals surface area contributed by atoms with Gasteiger partial charge in [-0.25, -0.2) is 9.78 Å². The molecule has 0 unspecified atom stereocenters. The number of nitrogens with one attached hydrogen (secondary N) is 1. The number of thiazole rings is 1. The molecule has 2 aromatic heterocycles.